The molecule has 4 nitrogen and oxygen atoms in total. The summed E-state index contributed by atoms with van der Waals surface area (Å²) in [6.45, 7) is 7.20. The number of amides is 1. The molecule has 1 aliphatic heterocycles. The highest BCUT2D eigenvalue weighted by atomic mass is 16.3. The fourth-order valence-corrected chi connectivity index (χ4v) is 2.45. The molecule has 1 unspecified atom stereocenters. The second-order valence-electron chi connectivity index (χ2n) is 5.33. The van der Waals surface area contributed by atoms with Crippen LogP contribution in [0.15, 0.2) is 22.6 Å². The van der Waals surface area contributed by atoms with Gasteiger partial charge in [-0.25, -0.2) is 0 Å². The summed E-state index contributed by atoms with van der Waals surface area (Å²) in [7, 11) is 0. The lowest BCUT2D eigenvalue weighted by atomic mass is 10.3. The molecular weight excluding hydrogens is 252 g/mol. The maximum atomic E-state index is 11.8. The van der Waals surface area contributed by atoms with E-state index in [-0.39, 0.29) is 5.91 Å². The molecule has 0 radical (unpaired) electrons. The lowest BCUT2D eigenvalue weighted by Gasteiger charge is -2.23. The van der Waals surface area contributed by atoms with Gasteiger partial charge in [0.25, 0.3) is 0 Å². The number of rotatable bonds is 6. The molecule has 0 bridgehead atoms. The Hall–Kier alpha value is -1.55. The van der Waals surface area contributed by atoms with Gasteiger partial charge < -0.3 is 9.73 Å². The van der Waals surface area contributed by atoms with Crippen molar-refractivity contribution in [3.63, 3.8) is 0 Å². The molecule has 1 aromatic rings. The van der Waals surface area contributed by atoms with Crippen LogP contribution in [-0.4, -0.2) is 36.5 Å². The maximum Gasteiger partial charge on any atom is 0.244 e. The maximum absolute atomic E-state index is 11.8. The molecule has 0 aromatic carbocycles. The normalized spacial score (nSPS) is 17.7. The molecule has 1 fully saturated rings. The number of aryl methyl sites for hydroxylation is 1. The van der Waals surface area contributed by atoms with Gasteiger partial charge in [0, 0.05) is 25.1 Å². The lowest BCUT2D eigenvalue weighted by molar-refractivity contribution is -0.116. The minimum absolute atomic E-state index is 0.0644. The summed E-state index contributed by atoms with van der Waals surface area (Å²) >= 11 is 0. The fourth-order valence-electron chi connectivity index (χ4n) is 2.45. The smallest absolute Gasteiger partial charge is 0.244 e. The van der Waals surface area contributed by atoms with Crippen molar-refractivity contribution in [1.29, 1.82) is 0 Å². The molecular formula is C16H24N2O2. The molecule has 0 saturated carbocycles. The molecule has 2 heterocycles. The predicted molar refractivity (Wildman–Crippen MR) is 80.4 cm³/mol. The fraction of sp³-hybridized carbons (Fsp3) is 0.562. The summed E-state index contributed by atoms with van der Waals surface area (Å²) in [6, 6.07) is 4.23. The van der Waals surface area contributed by atoms with Crippen molar-refractivity contribution >= 4 is 12.0 Å². The van der Waals surface area contributed by atoms with E-state index in [0.717, 1.165) is 31.0 Å². The summed E-state index contributed by atoms with van der Waals surface area (Å²) < 4.78 is 5.52. The summed E-state index contributed by atoms with van der Waals surface area (Å²) in [5.74, 6) is 1.60. The third-order valence-electron chi connectivity index (χ3n) is 3.77. The highest BCUT2D eigenvalue weighted by Crippen LogP contribution is 2.11. The van der Waals surface area contributed by atoms with E-state index in [2.05, 4.69) is 17.1 Å². The summed E-state index contributed by atoms with van der Waals surface area (Å²) in [5, 5.41) is 2.94. The van der Waals surface area contributed by atoms with Crippen LogP contribution in [0, 0.1) is 0 Å². The van der Waals surface area contributed by atoms with E-state index < -0.39 is 0 Å². The van der Waals surface area contributed by atoms with Crippen molar-refractivity contribution in [1.82, 2.24) is 10.2 Å². The molecule has 0 spiro atoms. The van der Waals surface area contributed by atoms with E-state index in [1.807, 2.05) is 19.1 Å². The van der Waals surface area contributed by atoms with Crippen molar-refractivity contribution in [2.75, 3.05) is 19.6 Å². The average molecular weight is 276 g/mol. The van der Waals surface area contributed by atoms with Crippen LogP contribution in [0.2, 0.25) is 0 Å². The van der Waals surface area contributed by atoms with Crippen molar-refractivity contribution in [2.24, 2.45) is 0 Å². The molecule has 1 aliphatic rings. The van der Waals surface area contributed by atoms with E-state index >= 15 is 0 Å². The van der Waals surface area contributed by atoms with Gasteiger partial charge in [0.05, 0.1) is 0 Å². The Morgan fingerprint density at radius 3 is 2.85 bits per heavy atom. The highest BCUT2D eigenvalue weighted by molar-refractivity contribution is 5.91. The zero-order valence-corrected chi connectivity index (χ0v) is 12.4. The van der Waals surface area contributed by atoms with Gasteiger partial charge >= 0.3 is 0 Å². The molecule has 1 saturated heterocycles. The van der Waals surface area contributed by atoms with Crippen LogP contribution >= 0.6 is 0 Å². The Morgan fingerprint density at radius 2 is 2.20 bits per heavy atom. The van der Waals surface area contributed by atoms with Gasteiger partial charge in [-0.05, 0) is 51.1 Å². The van der Waals surface area contributed by atoms with Crippen LogP contribution in [-0.2, 0) is 11.2 Å². The first kappa shape index (κ1) is 14.9. The van der Waals surface area contributed by atoms with Crippen molar-refractivity contribution in [2.45, 2.75) is 39.2 Å². The Balaban J connectivity index is 1.74. The van der Waals surface area contributed by atoms with E-state index in [9.17, 15) is 4.79 Å². The number of hydrogen-bond acceptors (Lipinski definition) is 3. The quantitative estimate of drug-likeness (QED) is 0.812. The number of hydrogen-bond donors (Lipinski definition) is 1. The third-order valence-corrected chi connectivity index (χ3v) is 3.77. The molecule has 110 valence electrons. The number of nitrogens with one attached hydrogen (secondary N) is 1. The first-order valence-corrected chi connectivity index (χ1v) is 7.47. The first-order chi connectivity index (χ1) is 9.69. The molecule has 1 aromatic heterocycles. The van der Waals surface area contributed by atoms with E-state index in [1.54, 1.807) is 6.08 Å². The standard InChI is InChI=1S/C16H24N2O2/c1-3-14-6-7-15(20-14)8-9-16(19)17-12-13(2)18-10-4-5-11-18/h6-9,13H,3-5,10-12H2,1-2H3,(H,17,19). The lowest BCUT2D eigenvalue weighted by Crippen LogP contribution is -2.40. The Kier molecular flexibility index (Phi) is 5.41. The first-order valence-electron chi connectivity index (χ1n) is 7.47. The van der Waals surface area contributed by atoms with E-state index in [1.165, 1.54) is 18.9 Å². The third kappa shape index (κ3) is 4.23. The molecule has 20 heavy (non-hydrogen) atoms. The van der Waals surface area contributed by atoms with Gasteiger partial charge in [-0.2, -0.15) is 0 Å². The van der Waals surface area contributed by atoms with Gasteiger partial charge in [-0.15, -0.1) is 0 Å². The molecule has 1 atom stereocenters. The van der Waals surface area contributed by atoms with Crippen LogP contribution in [0.5, 0.6) is 0 Å². The van der Waals surface area contributed by atoms with Gasteiger partial charge in [-0.3, -0.25) is 9.69 Å². The minimum atomic E-state index is -0.0644. The average Bonchev–Trinajstić information content (AvgIpc) is 3.13. The number of likely N-dealkylation sites (tertiary alicyclic amines) is 1. The van der Waals surface area contributed by atoms with Crippen molar-refractivity contribution < 1.29 is 9.21 Å². The Labute approximate surface area is 120 Å². The van der Waals surface area contributed by atoms with Crippen LogP contribution < -0.4 is 5.32 Å². The Bertz CT molecular complexity index is 459. The predicted octanol–water partition coefficient (Wildman–Crippen LogP) is 2.46. The molecule has 1 amide bonds. The van der Waals surface area contributed by atoms with Crippen molar-refractivity contribution in [3.05, 3.63) is 29.7 Å². The largest absolute Gasteiger partial charge is 0.462 e. The summed E-state index contributed by atoms with van der Waals surface area (Å²) in [5.41, 5.74) is 0. The minimum Gasteiger partial charge on any atom is -0.462 e. The number of carbonyl (C=O) groups excluding carboxylic acids is 1. The van der Waals surface area contributed by atoms with Crippen LogP contribution in [0.1, 0.15) is 38.2 Å². The molecule has 4 heteroatoms. The topological polar surface area (TPSA) is 45.5 Å². The van der Waals surface area contributed by atoms with Crippen LogP contribution in [0.25, 0.3) is 6.08 Å². The molecule has 1 N–H and O–H groups in total. The highest BCUT2D eigenvalue weighted by Gasteiger charge is 2.17. The van der Waals surface area contributed by atoms with Gasteiger partial charge in [0.15, 0.2) is 0 Å². The van der Waals surface area contributed by atoms with E-state index in [4.69, 9.17) is 4.42 Å². The number of carbonyl (C=O) groups is 1. The number of nitrogens with zero attached hydrogens (tertiary/aromatic N) is 1. The summed E-state index contributed by atoms with van der Waals surface area (Å²) in [6.07, 6.45) is 6.67. The second kappa shape index (κ2) is 7.29. The number of furan rings is 1. The SMILES string of the molecule is CCc1ccc(C=CC(=O)NCC(C)N2CCCC2)o1. The second-order valence-corrected chi connectivity index (χ2v) is 5.33. The Morgan fingerprint density at radius 1 is 1.45 bits per heavy atom. The van der Waals surface area contributed by atoms with Crippen LogP contribution in [0.3, 0.4) is 0 Å². The van der Waals surface area contributed by atoms with Gasteiger partial charge in [0.2, 0.25) is 5.91 Å². The zero-order valence-electron chi connectivity index (χ0n) is 12.4. The van der Waals surface area contributed by atoms with Gasteiger partial charge in [0.1, 0.15) is 11.5 Å². The zero-order chi connectivity index (χ0) is 14.4. The molecule has 0 aliphatic carbocycles. The van der Waals surface area contributed by atoms with Crippen LogP contribution in [0.4, 0.5) is 0 Å². The monoisotopic (exact) mass is 276 g/mol. The molecule has 2 rings (SSSR count). The van der Waals surface area contributed by atoms with E-state index in [0.29, 0.717) is 12.6 Å². The van der Waals surface area contributed by atoms with Gasteiger partial charge in [-0.1, -0.05) is 6.92 Å². The van der Waals surface area contributed by atoms with Crippen molar-refractivity contribution in [3.8, 4) is 0 Å². The summed E-state index contributed by atoms with van der Waals surface area (Å²) in [4.78, 5) is 14.2.